The summed E-state index contributed by atoms with van der Waals surface area (Å²) >= 11 is 3.17. The van der Waals surface area contributed by atoms with E-state index in [0.717, 1.165) is 0 Å². The number of carboxylic acids is 1. The summed E-state index contributed by atoms with van der Waals surface area (Å²) in [4.78, 5) is 10.9. The first-order valence-electron chi connectivity index (χ1n) is 4.74. The van der Waals surface area contributed by atoms with E-state index in [1.54, 1.807) is 12.1 Å². The molecule has 0 radical (unpaired) electrons. The predicted molar refractivity (Wildman–Crippen MR) is 59.9 cm³/mol. The number of hydrogen-bond acceptors (Lipinski definition) is 4. The van der Waals surface area contributed by atoms with Crippen LogP contribution in [0.5, 0.6) is 0 Å². The van der Waals surface area contributed by atoms with E-state index in [-0.39, 0.29) is 35.1 Å². The molecule has 0 bridgehead atoms. The van der Waals surface area contributed by atoms with E-state index in [1.165, 1.54) is 13.2 Å². The largest absolute Gasteiger partial charge is 1.00 e. The van der Waals surface area contributed by atoms with E-state index in [4.69, 9.17) is 4.74 Å². The molecule has 88 valence electrons. The van der Waals surface area contributed by atoms with Gasteiger partial charge >= 0.3 is 29.6 Å². The molecular formula is C11H12BrNaO4. The topological polar surface area (TPSA) is 69.6 Å². The van der Waals surface area contributed by atoms with Gasteiger partial charge in [-0.2, -0.15) is 0 Å². The molecule has 4 nitrogen and oxygen atoms in total. The average molecular weight is 311 g/mol. The van der Waals surface area contributed by atoms with Gasteiger partial charge in [0, 0.05) is 30.2 Å². The number of methoxy groups -OCH3 is 1. The summed E-state index contributed by atoms with van der Waals surface area (Å²) in [7, 11) is 1.52. The minimum Gasteiger partial charge on any atom is -0.545 e. The van der Waals surface area contributed by atoms with Crippen LogP contribution in [0.2, 0.25) is 0 Å². The zero-order chi connectivity index (χ0) is 12.1. The summed E-state index contributed by atoms with van der Waals surface area (Å²) in [6, 6.07) is 4.66. The maximum absolute atomic E-state index is 10.9. The Kier molecular flexibility index (Phi) is 8.28. The van der Waals surface area contributed by atoms with Crippen molar-refractivity contribution in [3.8, 4) is 0 Å². The fourth-order valence-corrected chi connectivity index (χ4v) is 1.74. The van der Waals surface area contributed by atoms with Crippen LogP contribution >= 0.6 is 15.9 Å². The molecule has 17 heavy (non-hydrogen) atoms. The maximum Gasteiger partial charge on any atom is 1.00 e. The third-order valence-corrected chi connectivity index (χ3v) is 2.68. The number of carboxylic acid groups (broad SMARTS) is 1. The molecule has 1 aromatic carbocycles. The van der Waals surface area contributed by atoms with Crippen LogP contribution < -0.4 is 34.7 Å². The summed E-state index contributed by atoms with van der Waals surface area (Å²) in [6.07, 6.45) is -0.515. The molecule has 0 amide bonds. The molecule has 1 N–H and O–H groups in total. The number of halogens is 1. The van der Waals surface area contributed by atoms with E-state index in [2.05, 4.69) is 15.9 Å². The van der Waals surface area contributed by atoms with Crippen molar-refractivity contribution >= 4 is 21.9 Å². The quantitative estimate of drug-likeness (QED) is 0.632. The van der Waals surface area contributed by atoms with Crippen LogP contribution in [0.3, 0.4) is 0 Å². The molecule has 1 aromatic rings. The number of aliphatic hydroxyl groups is 1. The van der Waals surface area contributed by atoms with Crippen molar-refractivity contribution in [1.82, 2.24) is 0 Å². The third-order valence-electron chi connectivity index (χ3n) is 2.19. The summed E-state index contributed by atoms with van der Waals surface area (Å²) < 4.78 is 5.46. The van der Waals surface area contributed by atoms with Gasteiger partial charge in [0.2, 0.25) is 0 Å². The Hall–Kier alpha value is 0.0900. The van der Waals surface area contributed by atoms with E-state index < -0.39 is 12.1 Å². The number of benzene rings is 1. The molecule has 0 spiro atoms. The van der Waals surface area contributed by atoms with Crippen LogP contribution in [0, 0.1) is 0 Å². The monoisotopic (exact) mass is 310 g/mol. The van der Waals surface area contributed by atoms with Crippen LogP contribution in [-0.4, -0.2) is 24.8 Å². The number of carbonyl (C=O) groups excluding carboxylic acids is 1. The zero-order valence-corrected chi connectivity index (χ0v) is 13.4. The number of carbonyl (C=O) groups is 1. The summed E-state index contributed by atoms with van der Waals surface area (Å²) in [5, 5.41) is 20.7. The summed E-state index contributed by atoms with van der Waals surface area (Å²) in [5.74, 6) is -1.30. The molecule has 0 aromatic heterocycles. The standard InChI is InChI=1S/C11H13BrO4.Na/c1-16-5-4-10(13)8-3-2-7(12)6-9(8)11(14)15;/h2-3,6,10,13H,4-5H2,1H3,(H,14,15);/q;+1/p-1. The van der Waals surface area contributed by atoms with Gasteiger partial charge in [-0.1, -0.05) is 22.0 Å². The van der Waals surface area contributed by atoms with Gasteiger partial charge in [-0.05, 0) is 17.7 Å². The minimum atomic E-state index is -1.30. The van der Waals surface area contributed by atoms with Gasteiger partial charge < -0.3 is 19.7 Å². The summed E-state index contributed by atoms with van der Waals surface area (Å²) in [5.41, 5.74) is 0.346. The molecular weight excluding hydrogens is 299 g/mol. The number of ether oxygens (including phenoxy) is 1. The van der Waals surface area contributed by atoms with Gasteiger partial charge in [-0.25, -0.2) is 0 Å². The van der Waals surface area contributed by atoms with Gasteiger partial charge in [0.15, 0.2) is 0 Å². The second-order valence-corrected chi connectivity index (χ2v) is 4.23. The van der Waals surface area contributed by atoms with Gasteiger partial charge in [0.25, 0.3) is 0 Å². The van der Waals surface area contributed by atoms with Crippen LogP contribution in [-0.2, 0) is 4.74 Å². The molecule has 0 saturated heterocycles. The van der Waals surface area contributed by atoms with Crippen LogP contribution in [0.4, 0.5) is 0 Å². The minimum absolute atomic E-state index is 0. The fourth-order valence-electron chi connectivity index (χ4n) is 1.38. The second kappa shape index (κ2) is 8.24. The molecule has 0 aliphatic heterocycles. The first-order valence-corrected chi connectivity index (χ1v) is 5.53. The summed E-state index contributed by atoms with van der Waals surface area (Å²) in [6.45, 7) is 0.365. The van der Waals surface area contributed by atoms with E-state index in [1.807, 2.05) is 0 Å². The van der Waals surface area contributed by atoms with Gasteiger partial charge in [-0.3, -0.25) is 0 Å². The Balaban J connectivity index is 0.00000256. The third kappa shape index (κ3) is 5.07. The van der Waals surface area contributed by atoms with Gasteiger partial charge in [-0.15, -0.1) is 0 Å². The van der Waals surface area contributed by atoms with Crippen molar-refractivity contribution in [2.45, 2.75) is 12.5 Å². The van der Waals surface area contributed by atoms with Crippen molar-refractivity contribution in [2.24, 2.45) is 0 Å². The molecule has 0 saturated carbocycles. The first kappa shape index (κ1) is 17.1. The van der Waals surface area contributed by atoms with E-state index in [0.29, 0.717) is 23.1 Å². The molecule has 0 fully saturated rings. The number of hydrogen-bond donors (Lipinski definition) is 1. The first-order chi connectivity index (χ1) is 7.56. The molecule has 1 rings (SSSR count). The number of aliphatic hydroxyl groups excluding tert-OH is 1. The Morgan fingerprint density at radius 3 is 2.76 bits per heavy atom. The van der Waals surface area contributed by atoms with Crippen molar-refractivity contribution in [3.63, 3.8) is 0 Å². The molecule has 1 unspecified atom stereocenters. The Labute approximate surface area is 130 Å². The zero-order valence-electron chi connectivity index (χ0n) is 9.77. The number of rotatable bonds is 5. The number of aromatic carboxylic acids is 1. The van der Waals surface area contributed by atoms with E-state index >= 15 is 0 Å². The second-order valence-electron chi connectivity index (χ2n) is 3.32. The van der Waals surface area contributed by atoms with Crippen molar-refractivity contribution < 1.29 is 49.3 Å². The van der Waals surface area contributed by atoms with Crippen LogP contribution in [0.15, 0.2) is 22.7 Å². The Morgan fingerprint density at radius 1 is 1.59 bits per heavy atom. The van der Waals surface area contributed by atoms with Crippen LogP contribution in [0.25, 0.3) is 0 Å². The molecule has 0 heterocycles. The SMILES string of the molecule is COCCC(O)c1ccc(Br)cc1C(=O)[O-].[Na+]. The fraction of sp³-hybridized carbons (Fsp3) is 0.364. The Bertz CT molecular complexity index is 384. The smallest absolute Gasteiger partial charge is 0.545 e. The van der Waals surface area contributed by atoms with Crippen molar-refractivity contribution in [3.05, 3.63) is 33.8 Å². The normalized spacial score (nSPS) is 11.7. The van der Waals surface area contributed by atoms with Gasteiger partial charge in [0.05, 0.1) is 12.1 Å². The average Bonchev–Trinajstić information content (AvgIpc) is 2.25. The van der Waals surface area contributed by atoms with Crippen molar-refractivity contribution in [2.75, 3.05) is 13.7 Å². The molecule has 6 heteroatoms. The van der Waals surface area contributed by atoms with Crippen LogP contribution in [0.1, 0.15) is 28.4 Å². The van der Waals surface area contributed by atoms with E-state index in [9.17, 15) is 15.0 Å². The maximum atomic E-state index is 10.9. The molecule has 1 atom stereocenters. The van der Waals surface area contributed by atoms with Gasteiger partial charge in [0.1, 0.15) is 0 Å². The van der Waals surface area contributed by atoms with Crippen molar-refractivity contribution in [1.29, 1.82) is 0 Å². The predicted octanol–water partition coefficient (Wildman–Crippen LogP) is -2.11. The Morgan fingerprint density at radius 2 is 2.24 bits per heavy atom. The molecule has 0 aliphatic carbocycles. The molecule has 0 aliphatic rings.